The van der Waals surface area contributed by atoms with Crippen molar-refractivity contribution in [3.05, 3.63) is 63.4 Å². The quantitative estimate of drug-likeness (QED) is 0.721. The first-order valence-corrected chi connectivity index (χ1v) is 8.18. The summed E-state index contributed by atoms with van der Waals surface area (Å²) in [5.74, 6) is 2.04. The van der Waals surface area contributed by atoms with E-state index in [0.717, 1.165) is 5.56 Å². The first kappa shape index (κ1) is 18.7. The van der Waals surface area contributed by atoms with Crippen LogP contribution in [0.2, 0.25) is 0 Å². The van der Waals surface area contributed by atoms with E-state index in [1.54, 1.807) is 14.0 Å². The summed E-state index contributed by atoms with van der Waals surface area (Å²) in [6.07, 6.45) is 2.02. The Kier molecular flexibility index (Phi) is 6.77. The van der Waals surface area contributed by atoms with E-state index in [0.29, 0.717) is 42.7 Å². The Morgan fingerprint density at radius 3 is 2.72 bits per heavy atom. The standard InChI is InChI=1S/C19H25N3O3/c1-13(2)7-8-25-16-6-5-15(10-17(16)24-4)11-20-12-18-21-14(3)9-19(23)22-18/h5-7,9-10,20H,8,11-12H2,1-4H3,(H,21,22,23). The molecule has 1 aromatic heterocycles. The number of aryl methyl sites for hydroxylation is 1. The molecule has 0 saturated heterocycles. The number of hydrogen-bond donors (Lipinski definition) is 2. The van der Waals surface area contributed by atoms with Crippen molar-refractivity contribution in [2.45, 2.75) is 33.9 Å². The van der Waals surface area contributed by atoms with E-state index in [2.05, 4.69) is 15.3 Å². The number of rotatable bonds is 8. The molecular weight excluding hydrogens is 318 g/mol. The van der Waals surface area contributed by atoms with Gasteiger partial charge in [-0.15, -0.1) is 0 Å². The number of nitrogens with one attached hydrogen (secondary N) is 2. The second-order valence-corrected chi connectivity index (χ2v) is 6.01. The molecule has 0 saturated carbocycles. The normalized spacial score (nSPS) is 10.4. The molecule has 6 nitrogen and oxygen atoms in total. The van der Waals surface area contributed by atoms with Gasteiger partial charge in [0, 0.05) is 18.3 Å². The molecule has 2 rings (SSSR count). The van der Waals surface area contributed by atoms with Crippen molar-refractivity contribution in [2.75, 3.05) is 13.7 Å². The van der Waals surface area contributed by atoms with E-state index >= 15 is 0 Å². The van der Waals surface area contributed by atoms with E-state index in [9.17, 15) is 4.79 Å². The van der Waals surface area contributed by atoms with E-state index in [1.807, 2.05) is 38.1 Å². The zero-order valence-corrected chi connectivity index (χ0v) is 15.2. The highest BCUT2D eigenvalue weighted by atomic mass is 16.5. The Balaban J connectivity index is 1.95. The van der Waals surface area contributed by atoms with Gasteiger partial charge >= 0.3 is 0 Å². The predicted octanol–water partition coefficient (Wildman–Crippen LogP) is 2.72. The van der Waals surface area contributed by atoms with Crippen LogP contribution in [0.25, 0.3) is 0 Å². The third-order valence-corrected chi connectivity index (χ3v) is 3.50. The zero-order valence-electron chi connectivity index (χ0n) is 15.2. The van der Waals surface area contributed by atoms with Crippen LogP contribution in [0.4, 0.5) is 0 Å². The van der Waals surface area contributed by atoms with Gasteiger partial charge in [-0.05, 0) is 44.5 Å². The van der Waals surface area contributed by atoms with Gasteiger partial charge in [0.05, 0.1) is 13.7 Å². The maximum absolute atomic E-state index is 11.4. The summed E-state index contributed by atoms with van der Waals surface area (Å²) < 4.78 is 11.1. The summed E-state index contributed by atoms with van der Waals surface area (Å²) in [5.41, 5.74) is 2.84. The molecule has 1 aromatic carbocycles. The number of aromatic nitrogens is 2. The highest BCUT2D eigenvalue weighted by Gasteiger charge is 2.06. The zero-order chi connectivity index (χ0) is 18.2. The molecule has 0 spiro atoms. The minimum atomic E-state index is -0.135. The van der Waals surface area contributed by atoms with E-state index in [1.165, 1.54) is 11.6 Å². The topological polar surface area (TPSA) is 76.2 Å². The maximum Gasteiger partial charge on any atom is 0.251 e. The van der Waals surface area contributed by atoms with Crippen LogP contribution < -0.4 is 20.3 Å². The van der Waals surface area contributed by atoms with Gasteiger partial charge in [-0.1, -0.05) is 11.6 Å². The van der Waals surface area contributed by atoms with Crippen LogP contribution in [0.15, 0.2) is 40.7 Å². The molecule has 0 unspecified atom stereocenters. The minimum absolute atomic E-state index is 0.135. The van der Waals surface area contributed by atoms with Crippen LogP contribution in [0.3, 0.4) is 0 Å². The number of benzene rings is 1. The molecule has 0 amide bonds. The SMILES string of the molecule is COc1cc(CNCc2nc(C)cc(=O)[nH]2)ccc1OCC=C(C)C. The van der Waals surface area contributed by atoms with Gasteiger partial charge in [-0.2, -0.15) is 0 Å². The molecule has 0 aliphatic heterocycles. The molecule has 6 heteroatoms. The average molecular weight is 343 g/mol. The number of aromatic amines is 1. The number of H-pyrrole nitrogens is 1. The van der Waals surface area contributed by atoms with E-state index in [-0.39, 0.29) is 5.56 Å². The Morgan fingerprint density at radius 2 is 2.04 bits per heavy atom. The fourth-order valence-corrected chi connectivity index (χ4v) is 2.29. The number of ether oxygens (including phenoxy) is 2. The van der Waals surface area contributed by atoms with Crippen molar-refractivity contribution in [1.29, 1.82) is 0 Å². The Hall–Kier alpha value is -2.60. The Morgan fingerprint density at radius 1 is 1.24 bits per heavy atom. The van der Waals surface area contributed by atoms with Gasteiger partial charge < -0.3 is 19.8 Å². The van der Waals surface area contributed by atoms with Crippen LogP contribution in [-0.4, -0.2) is 23.7 Å². The largest absolute Gasteiger partial charge is 0.493 e. The predicted molar refractivity (Wildman–Crippen MR) is 98.1 cm³/mol. The van der Waals surface area contributed by atoms with Crippen LogP contribution in [-0.2, 0) is 13.1 Å². The smallest absolute Gasteiger partial charge is 0.251 e. The van der Waals surface area contributed by atoms with Crippen molar-refractivity contribution >= 4 is 0 Å². The van der Waals surface area contributed by atoms with Gasteiger partial charge in [0.15, 0.2) is 11.5 Å². The molecular formula is C19H25N3O3. The number of allylic oxidation sites excluding steroid dienone is 1. The summed E-state index contributed by atoms with van der Waals surface area (Å²) in [5, 5.41) is 3.26. The molecule has 1 heterocycles. The van der Waals surface area contributed by atoms with Crippen molar-refractivity contribution < 1.29 is 9.47 Å². The molecule has 0 aliphatic carbocycles. The minimum Gasteiger partial charge on any atom is -0.493 e. The Bertz CT molecular complexity index is 793. The van der Waals surface area contributed by atoms with Gasteiger partial charge in [0.2, 0.25) is 0 Å². The van der Waals surface area contributed by atoms with Crippen LogP contribution in [0.5, 0.6) is 11.5 Å². The summed E-state index contributed by atoms with van der Waals surface area (Å²) in [6.45, 7) is 7.50. The Labute approximate surface area is 147 Å². The van der Waals surface area contributed by atoms with Gasteiger partial charge in [0.25, 0.3) is 5.56 Å². The van der Waals surface area contributed by atoms with Gasteiger partial charge in [-0.3, -0.25) is 4.79 Å². The lowest BCUT2D eigenvalue weighted by Gasteiger charge is -2.12. The highest BCUT2D eigenvalue weighted by molar-refractivity contribution is 5.43. The van der Waals surface area contributed by atoms with Crippen LogP contribution in [0.1, 0.15) is 30.9 Å². The molecule has 0 fully saturated rings. The average Bonchev–Trinajstić information content (AvgIpc) is 2.54. The fourth-order valence-electron chi connectivity index (χ4n) is 2.29. The monoisotopic (exact) mass is 343 g/mol. The first-order valence-electron chi connectivity index (χ1n) is 8.18. The molecule has 25 heavy (non-hydrogen) atoms. The molecule has 2 aromatic rings. The first-order chi connectivity index (χ1) is 12.0. The number of methoxy groups -OCH3 is 1. The van der Waals surface area contributed by atoms with Crippen molar-refractivity contribution in [3.8, 4) is 11.5 Å². The fraction of sp³-hybridized carbons (Fsp3) is 0.368. The molecule has 0 aliphatic rings. The summed E-state index contributed by atoms with van der Waals surface area (Å²) in [7, 11) is 1.63. The highest BCUT2D eigenvalue weighted by Crippen LogP contribution is 2.28. The molecule has 134 valence electrons. The third-order valence-electron chi connectivity index (χ3n) is 3.50. The lowest BCUT2D eigenvalue weighted by molar-refractivity contribution is 0.325. The van der Waals surface area contributed by atoms with Crippen LogP contribution in [0, 0.1) is 6.92 Å². The lowest BCUT2D eigenvalue weighted by atomic mass is 10.2. The molecule has 0 bridgehead atoms. The second-order valence-electron chi connectivity index (χ2n) is 6.01. The van der Waals surface area contributed by atoms with Crippen molar-refractivity contribution in [2.24, 2.45) is 0 Å². The molecule has 0 atom stereocenters. The second kappa shape index (κ2) is 9.03. The molecule has 0 radical (unpaired) electrons. The summed E-state index contributed by atoms with van der Waals surface area (Å²) in [4.78, 5) is 18.4. The van der Waals surface area contributed by atoms with E-state index < -0.39 is 0 Å². The van der Waals surface area contributed by atoms with Crippen molar-refractivity contribution in [3.63, 3.8) is 0 Å². The number of hydrogen-bond acceptors (Lipinski definition) is 5. The van der Waals surface area contributed by atoms with Crippen molar-refractivity contribution in [1.82, 2.24) is 15.3 Å². The summed E-state index contributed by atoms with van der Waals surface area (Å²) in [6, 6.07) is 7.31. The summed E-state index contributed by atoms with van der Waals surface area (Å²) >= 11 is 0. The lowest BCUT2D eigenvalue weighted by Crippen LogP contribution is -2.19. The van der Waals surface area contributed by atoms with Crippen LogP contribution >= 0.6 is 0 Å². The van der Waals surface area contributed by atoms with E-state index in [4.69, 9.17) is 9.47 Å². The third kappa shape index (κ3) is 6.08. The molecule has 2 N–H and O–H groups in total. The van der Waals surface area contributed by atoms with Gasteiger partial charge in [0.1, 0.15) is 12.4 Å². The maximum atomic E-state index is 11.4. The van der Waals surface area contributed by atoms with Gasteiger partial charge in [-0.25, -0.2) is 4.98 Å². The number of nitrogens with zero attached hydrogens (tertiary/aromatic N) is 1.